The zero-order valence-electron chi connectivity index (χ0n) is 11.6. The van der Waals surface area contributed by atoms with Gasteiger partial charge in [-0.15, -0.1) is 0 Å². The molecule has 0 amide bonds. The molecule has 4 heteroatoms. The summed E-state index contributed by atoms with van der Waals surface area (Å²) in [5.74, 6) is -0.700. The van der Waals surface area contributed by atoms with Crippen LogP contribution in [0.1, 0.15) is 33.1 Å². The number of likely N-dealkylation sites (tertiary alicyclic amines) is 1. The maximum absolute atomic E-state index is 11.0. The SMILES string of the molecule is CN1CCC(N(C)CCC(C)(C)C(=O)O)CC1. The van der Waals surface area contributed by atoms with Crippen LogP contribution < -0.4 is 0 Å². The van der Waals surface area contributed by atoms with Crippen LogP contribution in [0.4, 0.5) is 0 Å². The van der Waals surface area contributed by atoms with Crippen molar-refractivity contribution >= 4 is 5.97 Å². The lowest BCUT2D eigenvalue weighted by atomic mass is 9.89. The third-order valence-electron chi connectivity index (χ3n) is 3.98. The maximum Gasteiger partial charge on any atom is 0.309 e. The monoisotopic (exact) mass is 242 g/mol. The van der Waals surface area contributed by atoms with Crippen molar-refractivity contribution in [2.45, 2.75) is 39.2 Å². The first-order valence-corrected chi connectivity index (χ1v) is 6.45. The van der Waals surface area contributed by atoms with E-state index in [2.05, 4.69) is 23.9 Å². The number of nitrogens with zero attached hydrogens (tertiary/aromatic N) is 2. The number of piperidine rings is 1. The number of aliphatic carboxylic acids is 1. The lowest BCUT2D eigenvalue weighted by Crippen LogP contribution is -2.43. The average Bonchev–Trinajstić information content (AvgIpc) is 2.27. The number of hydrogen-bond donors (Lipinski definition) is 1. The Labute approximate surface area is 105 Å². The number of rotatable bonds is 5. The molecule has 0 spiro atoms. The van der Waals surface area contributed by atoms with Gasteiger partial charge in [-0.1, -0.05) is 0 Å². The van der Waals surface area contributed by atoms with Crippen LogP contribution in [0.3, 0.4) is 0 Å². The molecule has 1 aliphatic rings. The molecular formula is C13H26N2O2. The van der Waals surface area contributed by atoms with E-state index in [-0.39, 0.29) is 0 Å². The van der Waals surface area contributed by atoms with E-state index in [1.807, 2.05) is 0 Å². The lowest BCUT2D eigenvalue weighted by molar-refractivity contribution is -0.147. The predicted octanol–water partition coefficient (Wildman–Crippen LogP) is 1.51. The molecule has 0 aromatic carbocycles. The molecule has 0 saturated carbocycles. The highest BCUT2D eigenvalue weighted by atomic mass is 16.4. The highest BCUT2D eigenvalue weighted by Gasteiger charge is 2.28. The molecule has 100 valence electrons. The molecule has 0 aromatic heterocycles. The van der Waals surface area contributed by atoms with Gasteiger partial charge < -0.3 is 14.9 Å². The molecule has 1 fully saturated rings. The van der Waals surface area contributed by atoms with E-state index in [1.54, 1.807) is 13.8 Å². The van der Waals surface area contributed by atoms with Crippen LogP contribution in [0.15, 0.2) is 0 Å². The van der Waals surface area contributed by atoms with Gasteiger partial charge in [-0.3, -0.25) is 4.79 Å². The van der Waals surface area contributed by atoms with Gasteiger partial charge in [0.05, 0.1) is 5.41 Å². The van der Waals surface area contributed by atoms with E-state index < -0.39 is 11.4 Å². The van der Waals surface area contributed by atoms with Gasteiger partial charge in [-0.25, -0.2) is 0 Å². The van der Waals surface area contributed by atoms with Crippen molar-refractivity contribution in [1.29, 1.82) is 0 Å². The first-order chi connectivity index (χ1) is 7.83. The van der Waals surface area contributed by atoms with Crippen molar-refractivity contribution in [3.8, 4) is 0 Å². The van der Waals surface area contributed by atoms with Gasteiger partial charge in [-0.05, 0) is 66.8 Å². The summed E-state index contributed by atoms with van der Waals surface area (Å²) < 4.78 is 0. The fourth-order valence-electron chi connectivity index (χ4n) is 2.18. The van der Waals surface area contributed by atoms with E-state index in [4.69, 9.17) is 5.11 Å². The third kappa shape index (κ3) is 4.28. The number of carboxylic acid groups (broad SMARTS) is 1. The fraction of sp³-hybridized carbons (Fsp3) is 0.923. The number of carbonyl (C=O) groups is 1. The molecule has 1 rings (SSSR count). The topological polar surface area (TPSA) is 43.8 Å². The van der Waals surface area contributed by atoms with Crippen molar-refractivity contribution in [3.63, 3.8) is 0 Å². The maximum atomic E-state index is 11.0. The fourth-order valence-corrected chi connectivity index (χ4v) is 2.18. The molecule has 0 aromatic rings. The normalized spacial score (nSPS) is 19.8. The van der Waals surface area contributed by atoms with Gasteiger partial charge in [0.15, 0.2) is 0 Å². The van der Waals surface area contributed by atoms with Crippen LogP contribution in [0, 0.1) is 5.41 Å². The summed E-state index contributed by atoms with van der Waals surface area (Å²) in [4.78, 5) is 15.7. The Kier molecular flexibility index (Phi) is 4.95. The molecule has 1 heterocycles. The lowest BCUT2D eigenvalue weighted by Gasteiger charge is -2.36. The third-order valence-corrected chi connectivity index (χ3v) is 3.98. The Morgan fingerprint density at radius 3 is 2.41 bits per heavy atom. The average molecular weight is 242 g/mol. The Bertz CT molecular complexity index is 258. The summed E-state index contributed by atoms with van der Waals surface area (Å²) >= 11 is 0. The van der Waals surface area contributed by atoms with Crippen molar-refractivity contribution in [1.82, 2.24) is 9.80 Å². The van der Waals surface area contributed by atoms with Gasteiger partial charge in [0.2, 0.25) is 0 Å². The number of carboxylic acids is 1. The zero-order chi connectivity index (χ0) is 13.1. The van der Waals surface area contributed by atoms with Crippen molar-refractivity contribution in [2.24, 2.45) is 5.41 Å². The molecule has 0 atom stereocenters. The Balaban J connectivity index is 2.34. The molecular weight excluding hydrogens is 216 g/mol. The molecule has 1 aliphatic heterocycles. The smallest absolute Gasteiger partial charge is 0.309 e. The molecule has 1 N–H and O–H groups in total. The molecule has 1 saturated heterocycles. The molecule has 0 unspecified atom stereocenters. The van der Waals surface area contributed by atoms with Gasteiger partial charge in [-0.2, -0.15) is 0 Å². The summed E-state index contributed by atoms with van der Waals surface area (Å²) in [5, 5.41) is 9.07. The molecule has 0 radical (unpaired) electrons. The zero-order valence-corrected chi connectivity index (χ0v) is 11.6. The molecule has 0 aliphatic carbocycles. The van der Waals surface area contributed by atoms with Crippen LogP contribution in [0.5, 0.6) is 0 Å². The van der Waals surface area contributed by atoms with E-state index in [0.29, 0.717) is 12.5 Å². The van der Waals surface area contributed by atoms with E-state index in [0.717, 1.165) is 19.6 Å². The first-order valence-electron chi connectivity index (χ1n) is 6.45. The Hall–Kier alpha value is -0.610. The molecule has 4 nitrogen and oxygen atoms in total. The van der Waals surface area contributed by atoms with Crippen LogP contribution >= 0.6 is 0 Å². The van der Waals surface area contributed by atoms with Crippen LogP contribution in [0.2, 0.25) is 0 Å². The van der Waals surface area contributed by atoms with Crippen molar-refractivity contribution in [2.75, 3.05) is 33.7 Å². The summed E-state index contributed by atoms with van der Waals surface area (Å²) in [7, 11) is 4.28. The van der Waals surface area contributed by atoms with Crippen LogP contribution in [-0.4, -0.2) is 60.6 Å². The minimum atomic E-state index is -0.700. The summed E-state index contributed by atoms with van der Waals surface area (Å²) in [6.07, 6.45) is 3.10. The van der Waals surface area contributed by atoms with E-state index in [9.17, 15) is 4.79 Å². The summed E-state index contributed by atoms with van der Waals surface area (Å²) in [6.45, 7) is 6.78. The highest BCUT2D eigenvalue weighted by Crippen LogP contribution is 2.22. The van der Waals surface area contributed by atoms with Crippen molar-refractivity contribution in [3.05, 3.63) is 0 Å². The summed E-state index contributed by atoms with van der Waals surface area (Å²) in [6, 6.07) is 0.621. The molecule has 0 bridgehead atoms. The van der Waals surface area contributed by atoms with Gasteiger partial charge >= 0.3 is 5.97 Å². The van der Waals surface area contributed by atoms with Gasteiger partial charge in [0, 0.05) is 6.04 Å². The van der Waals surface area contributed by atoms with E-state index in [1.165, 1.54) is 12.8 Å². The Morgan fingerprint density at radius 2 is 1.94 bits per heavy atom. The number of hydrogen-bond acceptors (Lipinski definition) is 3. The van der Waals surface area contributed by atoms with Crippen LogP contribution in [-0.2, 0) is 4.79 Å². The summed E-state index contributed by atoms with van der Waals surface area (Å²) in [5.41, 5.74) is -0.611. The highest BCUT2D eigenvalue weighted by molar-refractivity contribution is 5.73. The Morgan fingerprint density at radius 1 is 1.41 bits per heavy atom. The minimum Gasteiger partial charge on any atom is -0.481 e. The standard InChI is InChI=1S/C13H26N2O2/c1-13(2,12(16)17)7-10-15(4)11-5-8-14(3)9-6-11/h11H,5-10H2,1-4H3,(H,16,17). The quantitative estimate of drug-likeness (QED) is 0.794. The predicted molar refractivity (Wildman–Crippen MR) is 69.2 cm³/mol. The first kappa shape index (κ1) is 14.5. The van der Waals surface area contributed by atoms with Gasteiger partial charge in [0.1, 0.15) is 0 Å². The minimum absolute atomic E-state index is 0.611. The van der Waals surface area contributed by atoms with Gasteiger partial charge in [0.25, 0.3) is 0 Å². The second kappa shape index (κ2) is 5.83. The van der Waals surface area contributed by atoms with E-state index >= 15 is 0 Å². The second-order valence-electron chi connectivity index (χ2n) is 5.95. The largest absolute Gasteiger partial charge is 0.481 e. The molecule has 17 heavy (non-hydrogen) atoms. The second-order valence-corrected chi connectivity index (χ2v) is 5.95. The van der Waals surface area contributed by atoms with Crippen molar-refractivity contribution < 1.29 is 9.90 Å². The van der Waals surface area contributed by atoms with Crippen LogP contribution in [0.25, 0.3) is 0 Å².